The van der Waals surface area contributed by atoms with E-state index >= 15 is 0 Å². The van der Waals surface area contributed by atoms with Crippen molar-refractivity contribution < 1.29 is 4.79 Å². The Morgan fingerprint density at radius 1 is 1.23 bits per heavy atom. The molecule has 0 bridgehead atoms. The molecule has 3 rings (SSSR count). The number of rotatable bonds is 4. The minimum Gasteiger partial charge on any atom is -0.321 e. The van der Waals surface area contributed by atoms with Crippen LogP contribution in [0.5, 0.6) is 0 Å². The van der Waals surface area contributed by atoms with Gasteiger partial charge < -0.3 is 15.2 Å². The maximum atomic E-state index is 12.8. The summed E-state index contributed by atoms with van der Waals surface area (Å²) in [6, 6.07) is 5.88. The summed E-state index contributed by atoms with van der Waals surface area (Å²) >= 11 is 1.26. The van der Waals surface area contributed by atoms with E-state index in [1.54, 1.807) is 6.92 Å². The molecule has 0 aliphatic heterocycles. The highest BCUT2D eigenvalue weighted by molar-refractivity contribution is 7.20. The first kappa shape index (κ1) is 18.3. The standard InChI is InChI=1S/C19H22N4O2S/c1-10-7-6-8-11(2)15(10)22-18(25)16-12(3)14-17(24)20-13(9-23(4)5)21-19(14)26-16/h6-8H,9H2,1-5H3,(H,22,25)(H,20,21,24). The number of carbonyl (C=O) groups excluding carboxylic acids is 1. The van der Waals surface area contributed by atoms with Gasteiger partial charge in [-0.15, -0.1) is 11.3 Å². The molecule has 2 aromatic heterocycles. The summed E-state index contributed by atoms with van der Waals surface area (Å²) in [7, 11) is 3.82. The zero-order valence-electron chi connectivity index (χ0n) is 15.6. The minimum atomic E-state index is -0.212. The van der Waals surface area contributed by atoms with Crippen LogP contribution in [0.3, 0.4) is 0 Å². The van der Waals surface area contributed by atoms with E-state index in [0.29, 0.717) is 33.0 Å². The molecule has 0 saturated heterocycles. The molecule has 2 heterocycles. The van der Waals surface area contributed by atoms with E-state index in [1.807, 2.05) is 51.0 Å². The molecule has 136 valence electrons. The first-order valence-corrected chi connectivity index (χ1v) is 9.14. The third kappa shape index (κ3) is 3.40. The van der Waals surface area contributed by atoms with Gasteiger partial charge in [0.05, 0.1) is 16.8 Å². The van der Waals surface area contributed by atoms with E-state index < -0.39 is 0 Å². The highest BCUT2D eigenvalue weighted by Crippen LogP contribution is 2.29. The van der Waals surface area contributed by atoms with Crippen LogP contribution in [-0.2, 0) is 6.54 Å². The normalized spacial score (nSPS) is 11.3. The molecule has 7 heteroatoms. The quantitative estimate of drug-likeness (QED) is 0.739. The number of hydrogen-bond donors (Lipinski definition) is 2. The number of anilines is 1. The summed E-state index contributed by atoms with van der Waals surface area (Å²) in [4.78, 5) is 35.7. The van der Waals surface area contributed by atoms with Crippen molar-refractivity contribution in [3.63, 3.8) is 0 Å². The number of thiophene rings is 1. The molecule has 0 unspecified atom stereocenters. The Morgan fingerprint density at radius 3 is 2.50 bits per heavy atom. The first-order valence-electron chi connectivity index (χ1n) is 8.32. The molecule has 26 heavy (non-hydrogen) atoms. The number of H-pyrrole nitrogens is 1. The summed E-state index contributed by atoms with van der Waals surface area (Å²) in [5.74, 6) is 0.381. The van der Waals surface area contributed by atoms with Crippen molar-refractivity contribution in [1.29, 1.82) is 0 Å². The molecule has 1 aromatic carbocycles. The zero-order valence-corrected chi connectivity index (χ0v) is 16.4. The predicted molar refractivity (Wildman–Crippen MR) is 106 cm³/mol. The number of para-hydroxylation sites is 1. The molecule has 1 amide bonds. The molecule has 0 aliphatic rings. The van der Waals surface area contributed by atoms with Gasteiger partial charge in [0, 0.05) is 5.69 Å². The number of benzene rings is 1. The third-order valence-electron chi connectivity index (χ3n) is 4.24. The lowest BCUT2D eigenvalue weighted by molar-refractivity contribution is 0.103. The fraction of sp³-hybridized carbons (Fsp3) is 0.316. The van der Waals surface area contributed by atoms with Gasteiger partial charge in [0.1, 0.15) is 10.7 Å². The monoisotopic (exact) mass is 370 g/mol. The SMILES string of the molecule is Cc1cccc(C)c1NC(=O)c1sc2nc(CN(C)C)[nH]c(=O)c2c1C. The van der Waals surface area contributed by atoms with Gasteiger partial charge in [-0.1, -0.05) is 18.2 Å². The molecule has 0 saturated carbocycles. The predicted octanol–water partition coefficient (Wildman–Crippen LogP) is 3.22. The lowest BCUT2D eigenvalue weighted by Gasteiger charge is -2.10. The molecule has 0 fully saturated rings. The van der Waals surface area contributed by atoms with E-state index in [2.05, 4.69) is 15.3 Å². The molecule has 6 nitrogen and oxygen atoms in total. The molecule has 0 atom stereocenters. The van der Waals surface area contributed by atoms with Gasteiger partial charge in [0.25, 0.3) is 11.5 Å². The van der Waals surface area contributed by atoms with Crippen LogP contribution in [0.4, 0.5) is 5.69 Å². The smallest absolute Gasteiger partial charge is 0.266 e. The molecule has 0 radical (unpaired) electrons. The Balaban J connectivity index is 2.02. The number of aromatic amines is 1. The lowest BCUT2D eigenvalue weighted by Crippen LogP contribution is -2.18. The van der Waals surface area contributed by atoms with E-state index in [0.717, 1.165) is 16.8 Å². The van der Waals surface area contributed by atoms with Gasteiger partial charge in [-0.05, 0) is 51.6 Å². The van der Waals surface area contributed by atoms with Crippen molar-refractivity contribution in [2.45, 2.75) is 27.3 Å². The summed E-state index contributed by atoms with van der Waals surface area (Å²) in [5, 5.41) is 3.48. The Hall–Kier alpha value is -2.51. The number of aryl methyl sites for hydroxylation is 3. The van der Waals surface area contributed by atoms with Crippen LogP contribution in [0.2, 0.25) is 0 Å². The Morgan fingerprint density at radius 2 is 1.88 bits per heavy atom. The summed E-state index contributed by atoms with van der Waals surface area (Å²) < 4.78 is 0. The topological polar surface area (TPSA) is 78.1 Å². The average Bonchev–Trinajstić information content (AvgIpc) is 2.87. The van der Waals surface area contributed by atoms with E-state index in [1.165, 1.54) is 11.3 Å². The highest BCUT2D eigenvalue weighted by Gasteiger charge is 2.20. The molecule has 0 aliphatic carbocycles. The Kier molecular flexibility index (Phi) is 4.93. The number of fused-ring (bicyclic) bond motifs is 1. The maximum absolute atomic E-state index is 12.8. The van der Waals surface area contributed by atoms with Gasteiger partial charge in [-0.25, -0.2) is 4.98 Å². The molecule has 3 aromatic rings. The number of hydrogen-bond acceptors (Lipinski definition) is 5. The van der Waals surface area contributed by atoms with Gasteiger partial charge in [0.2, 0.25) is 0 Å². The van der Waals surface area contributed by atoms with Crippen LogP contribution < -0.4 is 10.9 Å². The van der Waals surface area contributed by atoms with E-state index in [4.69, 9.17) is 0 Å². The second kappa shape index (κ2) is 7.01. The van der Waals surface area contributed by atoms with Crippen molar-refractivity contribution in [2.24, 2.45) is 0 Å². The van der Waals surface area contributed by atoms with Crippen molar-refractivity contribution in [3.8, 4) is 0 Å². The summed E-state index contributed by atoms with van der Waals surface area (Å²) in [6.45, 7) is 6.24. The first-order chi connectivity index (χ1) is 12.3. The highest BCUT2D eigenvalue weighted by atomic mass is 32.1. The maximum Gasteiger partial charge on any atom is 0.266 e. The fourth-order valence-corrected chi connectivity index (χ4v) is 4.06. The molecule has 2 N–H and O–H groups in total. The number of aromatic nitrogens is 2. The second-order valence-electron chi connectivity index (χ2n) is 6.71. The van der Waals surface area contributed by atoms with Crippen LogP contribution in [0, 0.1) is 20.8 Å². The van der Waals surface area contributed by atoms with Gasteiger partial charge in [-0.2, -0.15) is 0 Å². The molecular weight excluding hydrogens is 348 g/mol. The van der Waals surface area contributed by atoms with Crippen molar-refractivity contribution in [1.82, 2.24) is 14.9 Å². The van der Waals surface area contributed by atoms with Gasteiger partial charge >= 0.3 is 0 Å². The average molecular weight is 370 g/mol. The van der Waals surface area contributed by atoms with Crippen LogP contribution in [-0.4, -0.2) is 34.9 Å². The molecule has 0 spiro atoms. The largest absolute Gasteiger partial charge is 0.321 e. The number of nitrogens with one attached hydrogen (secondary N) is 2. The van der Waals surface area contributed by atoms with Gasteiger partial charge in [-0.3, -0.25) is 9.59 Å². The zero-order chi connectivity index (χ0) is 19.0. The summed E-state index contributed by atoms with van der Waals surface area (Å²) in [5.41, 5.74) is 3.28. The molecular formula is C19H22N4O2S. The lowest BCUT2D eigenvalue weighted by atomic mass is 10.1. The second-order valence-corrected chi connectivity index (χ2v) is 7.71. The Labute approximate surface area is 155 Å². The van der Waals surface area contributed by atoms with Crippen molar-refractivity contribution in [2.75, 3.05) is 19.4 Å². The number of carbonyl (C=O) groups is 1. The fourth-order valence-electron chi connectivity index (χ4n) is 2.96. The summed E-state index contributed by atoms with van der Waals surface area (Å²) in [6.07, 6.45) is 0. The van der Waals surface area contributed by atoms with Crippen molar-refractivity contribution >= 4 is 33.1 Å². The Bertz CT molecular complexity index is 1030. The third-order valence-corrected chi connectivity index (χ3v) is 5.43. The number of nitrogens with zero attached hydrogens (tertiary/aromatic N) is 2. The van der Waals surface area contributed by atoms with E-state index in [-0.39, 0.29) is 11.5 Å². The minimum absolute atomic E-state index is 0.202. The van der Waals surface area contributed by atoms with Crippen molar-refractivity contribution in [3.05, 3.63) is 55.9 Å². The van der Waals surface area contributed by atoms with Crippen LogP contribution >= 0.6 is 11.3 Å². The van der Waals surface area contributed by atoms with Crippen LogP contribution in [0.15, 0.2) is 23.0 Å². The van der Waals surface area contributed by atoms with Crippen LogP contribution in [0.1, 0.15) is 32.2 Å². The van der Waals surface area contributed by atoms with Gasteiger partial charge in [0.15, 0.2) is 0 Å². The number of amides is 1. The van der Waals surface area contributed by atoms with Crippen LogP contribution in [0.25, 0.3) is 10.2 Å². The van der Waals surface area contributed by atoms with E-state index in [9.17, 15) is 9.59 Å².